The Hall–Kier alpha value is -1.79. The van der Waals surface area contributed by atoms with Crippen LogP contribution in [0.4, 0.5) is 13.2 Å². The zero-order valence-electron chi connectivity index (χ0n) is 8.31. The molecule has 2 N–H and O–H groups in total. The van der Waals surface area contributed by atoms with Gasteiger partial charge in [-0.1, -0.05) is 0 Å². The second-order valence-electron chi connectivity index (χ2n) is 3.18. The molecule has 1 aromatic rings. The maximum atomic E-state index is 11.8. The van der Waals surface area contributed by atoms with E-state index < -0.39 is 24.2 Å². The van der Waals surface area contributed by atoms with E-state index in [2.05, 4.69) is 4.98 Å². The van der Waals surface area contributed by atoms with Crippen LogP contribution in [-0.4, -0.2) is 23.6 Å². The molecule has 0 aliphatic heterocycles. The summed E-state index contributed by atoms with van der Waals surface area (Å²) >= 11 is 0. The maximum absolute atomic E-state index is 11.8. The van der Waals surface area contributed by atoms with Crippen molar-refractivity contribution in [3.05, 3.63) is 33.7 Å². The number of halogens is 3. The lowest BCUT2D eigenvalue weighted by atomic mass is 10.2. The van der Waals surface area contributed by atoms with Gasteiger partial charge in [0.25, 0.3) is 11.5 Å². The number of carbonyl (C=O) groups excluding carboxylic acids is 1. The Morgan fingerprint density at radius 2 is 2.06 bits per heavy atom. The van der Waals surface area contributed by atoms with Crippen LogP contribution in [0.1, 0.15) is 16.1 Å². The summed E-state index contributed by atoms with van der Waals surface area (Å²) in [5, 5.41) is 1.62. The van der Waals surface area contributed by atoms with Crippen molar-refractivity contribution in [1.29, 1.82) is 0 Å². The summed E-state index contributed by atoms with van der Waals surface area (Å²) in [7, 11) is 0. The van der Waals surface area contributed by atoms with Crippen molar-refractivity contribution < 1.29 is 18.0 Å². The molecule has 0 aliphatic carbocycles. The second-order valence-corrected chi connectivity index (χ2v) is 3.18. The SMILES string of the molecule is Cc1ccc(C(=O)NCC(F)(F)F)c(=O)[nH]1. The molecular formula is C9H9F3N2O2. The molecule has 0 radical (unpaired) electrons. The van der Waals surface area contributed by atoms with Crippen LogP contribution >= 0.6 is 0 Å². The van der Waals surface area contributed by atoms with Gasteiger partial charge in [0.2, 0.25) is 0 Å². The number of H-pyrrole nitrogens is 1. The number of nitrogens with one attached hydrogen (secondary N) is 2. The molecule has 88 valence electrons. The lowest BCUT2D eigenvalue weighted by molar-refractivity contribution is -0.123. The van der Waals surface area contributed by atoms with Crippen molar-refractivity contribution in [2.45, 2.75) is 13.1 Å². The maximum Gasteiger partial charge on any atom is 0.405 e. The van der Waals surface area contributed by atoms with Crippen molar-refractivity contribution in [3.63, 3.8) is 0 Å². The summed E-state index contributed by atoms with van der Waals surface area (Å²) in [5.41, 5.74) is -0.521. The Morgan fingerprint density at radius 3 is 2.56 bits per heavy atom. The highest BCUT2D eigenvalue weighted by Crippen LogP contribution is 2.12. The molecule has 0 aromatic carbocycles. The van der Waals surface area contributed by atoms with E-state index in [4.69, 9.17) is 0 Å². The number of amides is 1. The molecule has 1 heterocycles. The van der Waals surface area contributed by atoms with Crippen LogP contribution in [0, 0.1) is 6.92 Å². The van der Waals surface area contributed by atoms with Crippen LogP contribution in [0.2, 0.25) is 0 Å². The molecule has 1 aromatic heterocycles. The summed E-state index contributed by atoms with van der Waals surface area (Å²) in [6, 6.07) is 2.61. The molecule has 0 fully saturated rings. The van der Waals surface area contributed by atoms with Gasteiger partial charge in [-0.15, -0.1) is 0 Å². The largest absolute Gasteiger partial charge is 0.405 e. The third kappa shape index (κ3) is 3.41. The highest BCUT2D eigenvalue weighted by molar-refractivity contribution is 5.93. The van der Waals surface area contributed by atoms with Crippen molar-refractivity contribution in [1.82, 2.24) is 10.3 Å². The van der Waals surface area contributed by atoms with Crippen molar-refractivity contribution in [3.8, 4) is 0 Å². The number of carbonyl (C=O) groups is 1. The summed E-state index contributed by atoms with van der Waals surface area (Å²) < 4.78 is 35.4. The number of hydrogen-bond donors (Lipinski definition) is 2. The molecule has 0 saturated carbocycles. The second kappa shape index (κ2) is 4.38. The fraction of sp³-hybridized carbons (Fsp3) is 0.333. The van der Waals surface area contributed by atoms with E-state index in [1.807, 2.05) is 0 Å². The molecule has 16 heavy (non-hydrogen) atoms. The number of rotatable bonds is 2. The molecule has 0 aliphatic rings. The smallest absolute Gasteiger partial charge is 0.343 e. The third-order valence-corrected chi connectivity index (χ3v) is 1.75. The van der Waals surface area contributed by atoms with Crippen LogP contribution in [0.25, 0.3) is 0 Å². The predicted molar refractivity (Wildman–Crippen MR) is 50.2 cm³/mol. The van der Waals surface area contributed by atoms with E-state index in [1.165, 1.54) is 12.1 Å². The molecule has 0 saturated heterocycles. The van der Waals surface area contributed by atoms with Gasteiger partial charge in [0.1, 0.15) is 12.1 Å². The summed E-state index contributed by atoms with van der Waals surface area (Å²) in [6.07, 6.45) is -4.49. The molecule has 0 spiro atoms. The number of alkyl halides is 3. The standard InChI is InChI=1S/C9H9F3N2O2/c1-5-2-3-6(8(16)14-5)7(15)13-4-9(10,11)12/h2-3H,4H2,1H3,(H,13,15)(H,14,16). The molecule has 0 bridgehead atoms. The van der Waals surface area contributed by atoms with E-state index in [0.717, 1.165) is 0 Å². The first-order valence-corrected chi connectivity index (χ1v) is 4.34. The first-order valence-electron chi connectivity index (χ1n) is 4.34. The minimum Gasteiger partial charge on any atom is -0.343 e. The summed E-state index contributed by atoms with van der Waals surface area (Å²) in [6.45, 7) is 0.137. The number of aryl methyl sites for hydroxylation is 1. The molecule has 4 nitrogen and oxygen atoms in total. The van der Waals surface area contributed by atoms with Gasteiger partial charge in [-0.25, -0.2) is 0 Å². The molecular weight excluding hydrogens is 225 g/mol. The quantitative estimate of drug-likeness (QED) is 0.801. The van der Waals surface area contributed by atoms with Crippen molar-refractivity contribution >= 4 is 5.91 Å². The van der Waals surface area contributed by atoms with Gasteiger partial charge in [-0.2, -0.15) is 13.2 Å². The fourth-order valence-electron chi connectivity index (χ4n) is 1.03. The number of aromatic nitrogens is 1. The first-order chi connectivity index (χ1) is 7.29. The van der Waals surface area contributed by atoms with Gasteiger partial charge in [0.15, 0.2) is 0 Å². The molecule has 1 rings (SSSR count). The number of hydrogen-bond acceptors (Lipinski definition) is 2. The van der Waals surface area contributed by atoms with Crippen molar-refractivity contribution in [2.75, 3.05) is 6.54 Å². The van der Waals surface area contributed by atoms with E-state index in [9.17, 15) is 22.8 Å². The van der Waals surface area contributed by atoms with E-state index in [-0.39, 0.29) is 5.56 Å². The Bertz CT molecular complexity index is 451. The van der Waals surface area contributed by atoms with Crippen LogP contribution in [0.3, 0.4) is 0 Å². The number of aromatic amines is 1. The third-order valence-electron chi connectivity index (χ3n) is 1.75. The summed E-state index contributed by atoms with van der Waals surface area (Å²) in [4.78, 5) is 24.7. The van der Waals surface area contributed by atoms with Crippen LogP contribution in [0.15, 0.2) is 16.9 Å². The van der Waals surface area contributed by atoms with E-state index >= 15 is 0 Å². The monoisotopic (exact) mass is 234 g/mol. The molecule has 0 atom stereocenters. The van der Waals surface area contributed by atoms with Gasteiger partial charge in [-0.05, 0) is 19.1 Å². The summed E-state index contributed by atoms with van der Waals surface area (Å²) in [5.74, 6) is -1.04. The van der Waals surface area contributed by atoms with Gasteiger partial charge in [0.05, 0.1) is 0 Å². The van der Waals surface area contributed by atoms with Gasteiger partial charge in [-0.3, -0.25) is 9.59 Å². The Labute approximate surface area is 88.5 Å². The molecule has 1 amide bonds. The average molecular weight is 234 g/mol. The highest BCUT2D eigenvalue weighted by atomic mass is 19.4. The highest BCUT2D eigenvalue weighted by Gasteiger charge is 2.28. The van der Waals surface area contributed by atoms with Crippen LogP contribution < -0.4 is 10.9 Å². The molecule has 7 heteroatoms. The average Bonchev–Trinajstić information content (AvgIpc) is 2.13. The van der Waals surface area contributed by atoms with Gasteiger partial charge < -0.3 is 10.3 Å². The minimum absolute atomic E-state index is 0.338. The van der Waals surface area contributed by atoms with E-state index in [0.29, 0.717) is 5.69 Å². The first kappa shape index (κ1) is 12.3. The Kier molecular flexibility index (Phi) is 3.36. The number of pyridine rings is 1. The van der Waals surface area contributed by atoms with E-state index in [1.54, 1.807) is 12.2 Å². The predicted octanol–water partition coefficient (Wildman–Crippen LogP) is 0.975. The Morgan fingerprint density at radius 1 is 1.44 bits per heavy atom. The fourth-order valence-corrected chi connectivity index (χ4v) is 1.03. The normalized spacial score (nSPS) is 11.2. The van der Waals surface area contributed by atoms with Gasteiger partial charge in [0, 0.05) is 5.69 Å². The minimum atomic E-state index is -4.49. The van der Waals surface area contributed by atoms with Crippen LogP contribution in [-0.2, 0) is 0 Å². The molecule has 0 unspecified atom stereocenters. The lowest BCUT2D eigenvalue weighted by Crippen LogP contribution is -2.36. The van der Waals surface area contributed by atoms with Crippen molar-refractivity contribution in [2.24, 2.45) is 0 Å². The zero-order valence-corrected chi connectivity index (χ0v) is 8.31. The Balaban J connectivity index is 2.78. The van der Waals surface area contributed by atoms with Gasteiger partial charge >= 0.3 is 6.18 Å². The lowest BCUT2D eigenvalue weighted by Gasteiger charge is -2.07. The topological polar surface area (TPSA) is 62.0 Å². The zero-order chi connectivity index (χ0) is 12.3. The van der Waals surface area contributed by atoms with Crippen LogP contribution in [0.5, 0.6) is 0 Å².